The molecular weight excluding hydrogens is 322 g/mol. The number of aromatic nitrogens is 1. The van der Waals surface area contributed by atoms with E-state index in [2.05, 4.69) is 28.9 Å². The maximum absolute atomic E-state index is 11.9. The number of anilines is 1. The highest BCUT2D eigenvalue weighted by molar-refractivity contribution is 7.92. The molecule has 0 fully saturated rings. The van der Waals surface area contributed by atoms with Gasteiger partial charge in [0.15, 0.2) is 5.13 Å². The Morgan fingerprint density at radius 2 is 2.00 bits per heavy atom. The van der Waals surface area contributed by atoms with E-state index in [9.17, 15) is 13.2 Å². The monoisotopic (exact) mass is 347 g/mol. The average Bonchev–Trinajstić information content (AvgIpc) is 2.72. The molecule has 1 aromatic rings. The van der Waals surface area contributed by atoms with Gasteiger partial charge in [-0.15, -0.1) is 11.3 Å². The van der Waals surface area contributed by atoms with Crippen molar-refractivity contribution in [3.63, 3.8) is 0 Å². The Hall–Kier alpha value is -1.15. The minimum absolute atomic E-state index is 0.0896. The molecular formula is C14H25N3O3S2. The molecule has 2 N–H and O–H groups in total. The maximum atomic E-state index is 11.9. The third-order valence-corrected chi connectivity index (χ3v) is 4.49. The molecule has 0 aliphatic carbocycles. The summed E-state index contributed by atoms with van der Waals surface area (Å²) in [6, 6.07) is 0.138. The molecule has 0 aromatic carbocycles. The second-order valence-corrected chi connectivity index (χ2v) is 8.59. The molecule has 0 saturated heterocycles. The zero-order valence-electron chi connectivity index (χ0n) is 13.5. The van der Waals surface area contributed by atoms with E-state index in [-0.39, 0.29) is 23.5 Å². The molecule has 0 aliphatic rings. The minimum Gasteiger partial charge on any atom is -0.353 e. The number of sulfonamides is 1. The molecule has 0 aliphatic heterocycles. The average molecular weight is 348 g/mol. The van der Waals surface area contributed by atoms with Crippen molar-refractivity contribution in [2.45, 2.75) is 52.5 Å². The zero-order chi connectivity index (χ0) is 16.8. The van der Waals surface area contributed by atoms with Gasteiger partial charge in [0.2, 0.25) is 15.9 Å². The van der Waals surface area contributed by atoms with Crippen LogP contribution in [0.5, 0.6) is 0 Å². The van der Waals surface area contributed by atoms with E-state index in [0.717, 1.165) is 25.5 Å². The largest absolute Gasteiger partial charge is 0.353 e. The molecule has 0 unspecified atom stereocenters. The highest BCUT2D eigenvalue weighted by atomic mass is 32.2. The number of carbonyl (C=O) groups is 1. The quantitative estimate of drug-likeness (QED) is 0.718. The third-order valence-electron chi connectivity index (χ3n) is 2.99. The van der Waals surface area contributed by atoms with E-state index >= 15 is 0 Å². The van der Waals surface area contributed by atoms with Crippen molar-refractivity contribution in [1.82, 2.24) is 10.3 Å². The molecule has 0 bridgehead atoms. The fourth-order valence-corrected chi connectivity index (χ4v) is 3.55. The normalized spacial score (nSPS) is 13.1. The van der Waals surface area contributed by atoms with Crippen LogP contribution in [0, 0.1) is 5.92 Å². The summed E-state index contributed by atoms with van der Waals surface area (Å²) < 4.78 is 24.5. The van der Waals surface area contributed by atoms with E-state index in [1.807, 2.05) is 6.92 Å². The Kier molecular flexibility index (Phi) is 7.28. The highest BCUT2D eigenvalue weighted by Crippen LogP contribution is 2.17. The topological polar surface area (TPSA) is 88.2 Å². The number of nitrogens with one attached hydrogen (secondary N) is 2. The van der Waals surface area contributed by atoms with Gasteiger partial charge in [0.1, 0.15) is 0 Å². The number of hydrogen-bond donors (Lipinski definition) is 2. The van der Waals surface area contributed by atoms with Crippen LogP contribution >= 0.6 is 11.3 Å². The van der Waals surface area contributed by atoms with Crippen molar-refractivity contribution in [1.29, 1.82) is 0 Å². The van der Waals surface area contributed by atoms with Crippen LogP contribution in [-0.4, -0.2) is 31.6 Å². The summed E-state index contributed by atoms with van der Waals surface area (Å²) >= 11 is 1.17. The van der Waals surface area contributed by atoms with Gasteiger partial charge in [-0.1, -0.05) is 26.7 Å². The number of thiazole rings is 1. The maximum Gasteiger partial charge on any atom is 0.231 e. The van der Waals surface area contributed by atoms with Gasteiger partial charge in [-0.05, 0) is 19.3 Å². The first-order valence-corrected chi connectivity index (χ1v) is 10.1. The van der Waals surface area contributed by atoms with Crippen LogP contribution < -0.4 is 10.0 Å². The lowest BCUT2D eigenvalue weighted by Crippen LogP contribution is -2.33. The lowest BCUT2D eigenvalue weighted by Gasteiger charge is -2.14. The molecule has 1 rings (SSSR count). The Balaban J connectivity index is 2.38. The van der Waals surface area contributed by atoms with Crippen LogP contribution in [0.25, 0.3) is 0 Å². The van der Waals surface area contributed by atoms with Gasteiger partial charge in [0.05, 0.1) is 18.4 Å². The third kappa shape index (κ3) is 8.33. The van der Waals surface area contributed by atoms with Gasteiger partial charge in [0.25, 0.3) is 0 Å². The number of amides is 1. The van der Waals surface area contributed by atoms with E-state index in [4.69, 9.17) is 0 Å². The Morgan fingerprint density at radius 3 is 2.59 bits per heavy atom. The van der Waals surface area contributed by atoms with Crippen LogP contribution in [0.15, 0.2) is 5.38 Å². The first-order chi connectivity index (χ1) is 10.2. The lowest BCUT2D eigenvalue weighted by molar-refractivity contribution is -0.121. The summed E-state index contributed by atoms with van der Waals surface area (Å²) in [5.74, 6) is 0.590. The number of carbonyl (C=O) groups excluding carboxylic acids is 1. The van der Waals surface area contributed by atoms with Crippen LogP contribution in [0.4, 0.5) is 5.13 Å². The van der Waals surface area contributed by atoms with Gasteiger partial charge in [0, 0.05) is 11.4 Å². The van der Waals surface area contributed by atoms with Gasteiger partial charge >= 0.3 is 0 Å². The SMILES string of the molecule is CC(C)CCC[C@H](C)NC(=O)Cc1csc(NS(C)(=O)=O)n1. The molecule has 0 radical (unpaired) electrons. The van der Waals surface area contributed by atoms with E-state index in [1.54, 1.807) is 5.38 Å². The Bertz CT molecular complexity index is 582. The van der Waals surface area contributed by atoms with Crippen molar-refractivity contribution >= 4 is 32.4 Å². The summed E-state index contributed by atoms with van der Waals surface area (Å²) in [6.45, 7) is 6.37. The molecule has 0 saturated carbocycles. The summed E-state index contributed by atoms with van der Waals surface area (Å²) in [6.07, 6.45) is 4.45. The van der Waals surface area contributed by atoms with Crippen molar-refractivity contribution in [2.24, 2.45) is 5.92 Å². The molecule has 0 spiro atoms. The Morgan fingerprint density at radius 1 is 1.32 bits per heavy atom. The number of rotatable bonds is 9. The summed E-state index contributed by atoms with van der Waals surface area (Å²) in [5.41, 5.74) is 0.572. The van der Waals surface area contributed by atoms with Crippen LogP contribution in [0.1, 0.15) is 45.7 Å². The van der Waals surface area contributed by atoms with Gasteiger partial charge in [-0.2, -0.15) is 0 Å². The van der Waals surface area contributed by atoms with Crippen LogP contribution in [-0.2, 0) is 21.2 Å². The number of nitrogens with zero attached hydrogens (tertiary/aromatic N) is 1. The summed E-state index contributed by atoms with van der Waals surface area (Å²) in [5, 5.41) is 4.92. The van der Waals surface area contributed by atoms with E-state index < -0.39 is 10.0 Å². The molecule has 1 amide bonds. The van der Waals surface area contributed by atoms with Gasteiger partial charge < -0.3 is 5.32 Å². The second-order valence-electron chi connectivity index (χ2n) is 5.99. The van der Waals surface area contributed by atoms with Crippen LogP contribution in [0.3, 0.4) is 0 Å². The summed E-state index contributed by atoms with van der Waals surface area (Å²) in [7, 11) is -3.33. The fourth-order valence-electron chi connectivity index (χ4n) is 1.99. The van der Waals surface area contributed by atoms with E-state index in [1.165, 1.54) is 11.3 Å². The fraction of sp³-hybridized carbons (Fsp3) is 0.714. The Labute approximate surface area is 136 Å². The van der Waals surface area contributed by atoms with E-state index in [0.29, 0.717) is 11.6 Å². The standard InChI is InChI=1S/C14H25N3O3S2/c1-10(2)6-5-7-11(3)15-13(18)8-12-9-21-14(16-12)17-22(4,19)20/h9-11H,5-8H2,1-4H3,(H,15,18)(H,16,17)/t11-/m0/s1. The number of hydrogen-bond acceptors (Lipinski definition) is 5. The predicted molar refractivity (Wildman–Crippen MR) is 90.6 cm³/mol. The molecule has 126 valence electrons. The molecule has 1 atom stereocenters. The molecule has 6 nitrogen and oxygen atoms in total. The van der Waals surface area contributed by atoms with Crippen molar-refractivity contribution in [3.05, 3.63) is 11.1 Å². The van der Waals surface area contributed by atoms with Crippen molar-refractivity contribution in [3.8, 4) is 0 Å². The first-order valence-electron chi connectivity index (χ1n) is 7.37. The lowest BCUT2D eigenvalue weighted by atomic mass is 10.0. The summed E-state index contributed by atoms with van der Waals surface area (Å²) in [4.78, 5) is 16.0. The molecule has 8 heteroatoms. The van der Waals surface area contributed by atoms with Gasteiger partial charge in [-0.25, -0.2) is 13.4 Å². The van der Waals surface area contributed by atoms with Gasteiger partial charge in [-0.3, -0.25) is 9.52 Å². The molecule has 22 heavy (non-hydrogen) atoms. The highest BCUT2D eigenvalue weighted by Gasteiger charge is 2.12. The molecule has 1 aromatic heterocycles. The van der Waals surface area contributed by atoms with Crippen molar-refractivity contribution in [2.75, 3.05) is 11.0 Å². The molecule has 1 heterocycles. The zero-order valence-corrected chi connectivity index (χ0v) is 15.2. The minimum atomic E-state index is -3.33. The first kappa shape index (κ1) is 18.9. The predicted octanol–water partition coefficient (Wildman–Crippen LogP) is 2.39. The smallest absolute Gasteiger partial charge is 0.231 e. The second kappa shape index (κ2) is 8.47. The van der Waals surface area contributed by atoms with Crippen molar-refractivity contribution < 1.29 is 13.2 Å². The van der Waals surface area contributed by atoms with Crippen LogP contribution in [0.2, 0.25) is 0 Å².